The number of benzene rings is 1. The van der Waals surface area contributed by atoms with Gasteiger partial charge in [-0.05, 0) is 79.7 Å². The second-order valence-electron chi connectivity index (χ2n) is 11.0. The van der Waals surface area contributed by atoms with Crippen LogP contribution < -0.4 is 0 Å². The molecule has 2 unspecified atom stereocenters. The average molecular weight is 444 g/mol. The molecule has 1 aromatic rings. The monoisotopic (exact) mass is 443 g/mol. The lowest BCUT2D eigenvalue weighted by molar-refractivity contribution is 0.0408. The molecule has 33 heavy (non-hydrogen) atoms. The van der Waals surface area contributed by atoms with Gasteiger partial charge in [-0.15, -0.1) is 0 Å². The third-order valence-electron chi connectivity index (χ3n) is 8.57. The van der Waals surface area contributed by atoms with Crippen molar-refractivity contribution >= 4 is 5.70 Å². The topological polar surface area (TPSA) is 3.24 Å². The zero-order valence-electron chi connectivity index (χ0n) is 21.2. The van der Waals surface area contributed by atoms with Gasteiger partial charge < -0.3 is 4.90 Å². The molecule has 2 fully saturated rings. The minimum atomic E-state index is 0.532. The Bertz CT molecular complexity index is 860. The Kier molecular flexibility index (Phi) is 8.34. The molecule has 0 radical (unpaired) electrons. The van der Waals surface area contributed by atoms with E-state index in [4.69, 9.17) is 0 Å². The van der Waals surface area contributed by atoms with Gasteiger partial charge in [-0.1, -0.05) is 99.9 Å². The van der Waals surface area contributed by atoms with Crippen LogP contribution in [-0.2, 0) is 6.42 Å². The fourth-order valence-electron chi connectivity index (χ4n) is 6.68. The number of allylic oxidation sites excluding steroid dienone is 6. The van der Waals surface area contributed by atoms with Crippen molar-refractivity contribution < 1.29 is 0 Å². The lowest BCUT2D eigenvalue weighted by Gasteiger charge is -2.50. The Labute approximate surface area is 203 Å². The molecule has 1 aromatic carbocycles. The van der Waals surface area contributed by atoms with E-state index in [1.165, 1.54) is 94.1 Å². The summed E-state index contributed by atoms with van der Waals surface area (Å²) in [6.45, 7) is 11.5. The van der Waals surface area contributed by atoms with Crippen molar-refractivity contribution in [3.63, 3.8) is 0 Å². The summed E-state index contributed by atoms with van der Waals surface area (Å²) in [5.41, 5.74) is 6.20. The highest BCUT2D eigenvalue weighted by Gasteiger charge is 2.43. The maximum atomic E-state index is 4.52. The molecule has 0 bridgehead atoms. The normalized spacial score (nSPS) is 24.5. The van der Waals surface area contributed by atoms with Crippen molar-refractivity contribution in [3.8, 4) is 0 Å². The van der Waals surface area contributed by atoms with Gasteiger partial charge in [0.25, 0.3) is 0 Å². The summed E-state index contributed by atoms with van der Waals surface area (Å²) in [5, 5.41) is 0. The van der Waals surface area contributed by atoms with E-state index in [0.717, 1.165) is 18.3 Å². The van der Waals surface area contributed by atoms with E-state index in [-0.39, 0.29) is 0 Å². The Balaban J connectivity index is 1.40. The predicted molar refractivity (Wildman–Crippen MR) is 144 cm³/mol. The fraction of sp³-hybridized carbons (Fsp3) is 0.562. The van der Waals surface area contributed by atoms with E-state index in [1.807, 2.05) is 0 Å². The summed E-state index contributed by atoms with van der Waals surface area (Å²) in [4.78, 5) is 2.57. The van der Waals surface area contributed by atoms with Crippen LogP contribution in [-0.4, -0.2) is 18.0 Å². The van der Waals surface area contributed by atoms with Gasteiger partial charge in [0.1, 0.15) is 0 Å². The van der Waals surface area contributed by atoms with Gasteiger partial charge in [-0.3, -0.25) is 0 Å². The van der Waals surface area contributed by atoms with E-state index in [2.05, 4.69) is 80.0 Å². The molecule has 0 N–H and O–H groups in total. The molecule has 0 amide bonds. The first-order chi connectivity index (χ1) is 16.1. The molecule has 4 rings (SSSR count). The zero-order valence-corrected chi connectivity index (χ0v) is 21.2. The molecule has 3 aliphatic rings. The molecule has 2 atom stereocenters. The first-order valence-electron chi connectivity index (χ1n) is 13.7. The Morgan fingerprint density at radius 2 is 1.79 bits per heavy atom. The van der Waals surface area contributed by atoms with Crippen LogP contribution in [0.5, 0.6) is 0 Å². The van der Waals surface area contributed by atoms with Crippen molar-refractivity contribution in [1.82, 2.24) is 4.90 Å². The van der Waals surface area contributed by atoms with Crippen molar-refractivity contribution in [2.75, 3.05) is 13.1 Å². The van der Waals surface area contributed by atoms with Crippen LogP contribution >= 0.6 is 0 Å². The van der Waals surface area contributed by atoms with Crippen LogP contribution in [0.2, 0.25) is 0 Å². The smallest absolute Gasteiger partial charge is 0.0366 e. The van der Waals surface area contributed by atoms with Gasteiger partial charge in [0, 0.05) is 18.8 Å². The van der Waals surface area contributed by atoms with Crippen LogP contribution in [0.15, 0.2) is 66.8 Å². The predicted octanol–water partition coefficient (Wildman–Crippen LogP) is 8.74. The van der Waals surface area contributed by atoms with Crippen LogP contribution in [0, 0.1) is 17.3 Å². The number of nitrogens with zero attached hydrogens (tertiary/aromatic N) is 1. The van der Waals surface area contributed by atoms with Gasteiger partial charge in [-0.25, -0.2) is 0 Å². The first-order valence-corrected chi connectivity index (χ1v) is 13.7. The molecule has 1 saturated carbocycles. The molecular weight excluding hydrogens is 398 g/mol. The van der Waals surface area contributed by atoms with Gasteiger partial charge in [0.05, 0.1) is 0 Å². The van der Waals surface area contributed by atoms with Crippen LogP contribution in [0.4, 0.5) is 0 Å². The van der Waals surface area contributed by atoms with Crippen LogP contribution in [0.1, 0.15) is 89.2 Å². The minimum absolute atomic E-state index is 0.532. The summed E-state index contributed by atoms with van der Waals surface area (Å²) in [7, 11) is 0. The highest BCUT2D eigenvalue weighted by atomic mass is 15.1. The number of hydrogen-bond donors (Lipinski definition) is 0. The molecule has 178 valence electrons. The molecule has 1 heteroatoms. The van der Waals surface area contributed by atoms with Gasteiger partial charge in [0.2, 0.25) is 0 Å². The Hall–Kier alpha value is -2.02. The van der Waals surface area contributed by atoms with E-state index in [0.29, 0.717) is 5.41 Å². The van der Waals surface area contributed by atoms with Gasteiger partial charge in [-0.2, -0.15) is 0 Å². The van der Waals surface area contributed by atoms with E-state index < -0.39 is 0 Å². The van der Waals surface area contributed by atoms with Crippen molar-refractivity contribution in [2.24, 2.45) is 17.3 Å². The number of rotatable bonds is 8. The Morgan fingerprint density at radius 3 is 2.52 bits per heavy atom. The van der Waals surface area contributed by atoms with Gasteiger partial charge in [0.15, 0.2) is 0 Å². The summed E-state index contributed by atoms with van der Waals surface area (Å²) in [5.74, 6) is 1.67. The van der Waals surface area contributed by atoms with Crippen LogP contribution in [0.25, 0.3) is 5.70 Å². The average Bonchev–Trinajstić information content (AvgIpc) is 3.13. The van der Waals surface area contributed by atoms with Crippen LogP contribution in [0.3, 0.4) is 0 Å². The molecule has 1 nitrogen and oxygen atoms in total. The maximum Gasteiger partial charge on any atom is 0.0366 e. The van der Waals surface area contributed by atoms with E-state index in [9.17, 15) is 0 Å². The summed E-state index contributed by atoms with van der Waals surface area (Å²) >= 11 is 0. The summed E-state index contributed by atoms with van der Waals surface area (Å²) in [6.07, 6.45) is 25.9. The molecular formula is C32H45N. The highest BCUT2D eigenvalue weighted by molar-refractivity contribution is 5.62. The zero-order chi connectivity index (χ0) is 23.1. The van der Waals surface area contributed by atoms with Crippen molar-refractivity contribution in [1.29, 1.82) is 0 Å². The highest BCUT2D eigenvalue weighted by Crippen LogP contribution is 2.52. The van der Waals surface area contributed by atoms with E-state index >= 15 is 0 Å². The van der Waals surface area contributed by atoms with Crippen molar-refractivity contribution in [3.05, 3.63) is 77.9 Å². The summed E-state index contributed by atoms with van der Waals surface area (Å²) in [6, 6.07) is 9.22. The lowest BCUT2D eigenvalue weighted by Crippen LogP contribution is -2.43. The third kappa shape index (κ3) is 6.11. The largest absolute Gasteiger partial charge is 0.371 e. The fourth-order valence-corrected chi connectivity index (χ4v) is 6.68. The molecule has 1 spiro atoms. The second kappa shape index (κ2) is 11.4. The quantitative estimate of drug-likeness (QED) is 0.388. The molecule has 1 heterocycles. The van der Waals surface area contributed by atoms with Gasteiger partial charge >= 0.3 is 0 Å². The standard InChI is InChI=1S/C32H45N/c1-4-6-12-27-15-17-29(18-16-27)26(3)33-21-19-32(20-22-33)24-28(11-5-2)23-31(25-32)30-13-9-7-8-10-14-30/h7-10,13,15-18,28,31H,3-6,11-12,14,19-25H2,1-2H3. The maximum absolute atomic E-state index is 4.52. The number of piperidine rings is 1. The van der Waals surface area contributed by atoms with E-state index in [1.54, 1.807) is 5.57 Å². The number of likely N-dealkylation sites (tertiary alicyclic amines) is 1. The number of aryl methyl sites for hydroxylation is 1. The second-order valence-corrected chi connectivity index (χ2v) is 11.0. The Morgan fingerprint density at radius 1 is 1.00 bits per heavy atom. The SMILES string of the molecule is C=C(c1ccc(CCCC)cc1)N1CCC2(CC1)CC(CCC)CC(C1=CC=CC=CC1)C2. The first kappa shape index (κ1) is 24.1. The molecule has 2 aliphatic carbocycles. The third-order valence-corrected chi connectivity index (χ3v) is 8.57. The lowest BCUT2D eigenvalue weighted by atomic mass is 9.59. The van der Waals surface area contributed by atoms with Crippen molar-refractivity contribution in [2.45, 2.75) is 84.5 Å². The minimum Gasteiger partial charge on any atom is -0.371 e. The number of unbranched alkanes of at least 4 members (excludes halogenated alkanes) is 1. The molecule has 1 aliphatic heterocycles. The summed E-state index contributed by atoms with van der Waals surface area (Å²) < 4.78 is 0. The number of hydrogen-bond acceptors (Lipinski definition) is 1. The molecule has 0 aromatic heterocycles. The molecule has 1 saturated heterocycles.